The van der Waals surface area contributed by atoms with E-state index >= 15 is 0 Å². The number of fused-ring (bicyclic) bond motifs is 1. The van der Waals surface area contributed by atoms with Crippen LogP contribution >= 0.6 is 0 Å². The molecular formula is C25H34N4O3. The van der Waals surface area contributed by atoms with Crippen molar-refractivity contribution in [2.24, 2.45) is 5.10 Å². The minimum atomic E-state index is -0.470. The molecule has 2 unspecified atom stereocenters. The molecule has 1 aliphatic carbocycles. The summed E-state index contributed by atoms with van der Waals surface area (Å²) in [7, 11) is 1.68. The number of allylic oxidation sites excluding steroid dienone is 1. The summed E-state index contributed by atoms with van der Waals surface area (Å²) in [5, 5.41) is 10.4. The van der Waals surface area contributed by atoms with E-state index < -0.39 is 5.60 Å². The number of hydrogen-bond acceptors (Lipinski definition) is 6. The van der Waals surface area contributed by atoms with Gasteiger partial charge in [0.25, 0.3) is 0 Å². The molecule has 1 aromatic rings. The first-order chi connectivity index (χ1) is 15.3. The van der Waals surface area contributed by atoms with E-state index in [1.807, 2.05) is 44.0 Å². The first-order valence-corrected chi connectivity index (χ1v) is 11.4. The number of hydrazone groups is 1. The van der Waals surface area contributed by atoms with Crippen molar-refractivity contribution in [3.63, 3.8) is 0 Å². The molecule has 1 fully saturated rings. The Balaban J connectivity index is 1.32. The number of amides is 1. The van der Waals surface area contributed by atoms with Gasteiger partial charge in [0.15, 0.2) is 0 Å². The second-order valence-electron chi connectivity index (χ2n) is 9.66. The number of piperidine rings is 1. The fraction of sp³-hybridized carbons (Fsp3) is 0.520. The standard InChI is InChI=1S/C25H34N4O3/c1-25(2,3)32-24(30)28-13-5-6-21(17-28)27-20-9-12-23-19(14-20)15-26-29(23)16-18-7-10-22(31-4)11-8-18/h7-11,14-15,21,23,27H,5-6,12-13,16-17H2,1-4H3. The molecule has 172 valence electrons. The van der Waals surface area contributed by atoms with Crippen LogP contribution in [-0.4, -0.2) is 60.1 Å². The molecule has 32 heavy (non-hydrogen) atoms. The molecule has 2 aliphatic heterocycles. The van der Waals surface area contributed by atoms with Gasteiger partial charge in [0.1, 0.15) is 11.4 Å². The van der Waals surface area contributed by atoms with E-state index in [4.69, 9.17) is 9.47 Å². The van der Waals surface area contributed by atoms with Crippen molar-refractivity contribution in [1.29, 1.82) is 0 Å². The summed E-state index contributed by atoms with van der Waals surface area (Å²) >= 11 is 0. The highest BCUT2D eigenvalue weighted by Gasteiger charge is 2.30. The molecule has 0 radical (unpaired) electrons. The zero-order valence-corrected chi connectivity index (χ0v) is 19.5. The van der Waals surface area contributed by atoms with Gasteiger partial charge in [-0.3, -0.25) is 5.01 Å². The maximum absolute atomic E-state index is 12.4. The fourth-order valence-electron chi connectivity index (χ4n) is 4.34. The van der Waals surface area contributed by atoms with Crippen LogP contribution < -0.4 is 10.1 Å². The number of rotatable bonds is 5. The minimum Gasteiger partial charge on any atom is -0.497 e. The summed E-state index contributed by atoms with van der Waals surface area (Å²) in [6, 6.07) is 8.64. The van der Waals surface area contributed by atoms with E-state index in [0.717, 1.165) is 43.8 Å². The van der Waals surface area contributed by atoms with Crippen LogP contribution in [0.15, 0.2) is 52.8 Å². The van der Waals surface area contributed by atoms with Crippen molar-refractivity contribution in [1.82, 2.24) is 15.2 Å². The van der Waals surface area contributed by atoms with E-state index in [1.165, 1.54) is 11.1 Å². The van der Waals surface area contributed by atoms with Crippen LogP contribution in [-0.2, 0) is 11.3 Å². The molecule has 1 saturated heterocycles. The van der Waals surface area contributed by atoms with Crippen LogP contribution in [0.3, 0.4) is 0 Å². The molecule has 0 saturated carbocycles. The van der Waals surface area contributed by atoms with Crippen molar-refractivity contribution in [2.75, 3.05) is 20.2 Å². The van der Waals surface area contributed by atoms with E-state index in [0.29, 0.717) is 6.54 Å². The molecule has 0 spiro atoms. The SMILES string of the molecule is COc1ccc(CN2N=CC3=CC(NC4CCCN(C(=O)OC(C)(C)C)C4)=CCC32)cc1. The summed E-state index contributed by atoms with van der Waals surface area (Å²) in [6.07, 6.45) is 9.11. The van der Waals surface area contributed by atoms with Gasteiger partial charge in [0.05, 0.1) is 25.9 Å². The summed E-state index contributed by atoms with van der Waals surface area (Å²) in [6.45, 7) is 7.90. The third-order valence-corrected chi connectivity index (χ3v) is 5.93. The smallest absolute Gasteiger partial charge is 0.410 e. The highest BCUT2D eigenvalue weighted by atomic mass is 16.6. The maximum Gasteiger partial charge on any atom is 0.410 e. The number of methoxy groups -OCH3 is 1. The molecule has 7 heteroatoms. The second kappa shape index (κ2) is 9.27. The lowest BCUT2D eigenvalue weighted by Gasteiger charge is -2.35. The maximum atomic E-state index is 12.4. The van der Waals surface area contributed by atoms with Gasteiger partial charge in [-0.2, -0.15) is 5.10 Å². The average molecular weight is 439 g/mol. The number of hydrogen-bond donors (Lipinski definition) is 1. The zero-order valence-electron chi connectivity index (χ0n) is 19.5. The molecule has 1 N–H and O–H groups in total. The van der Waals surface area contributed by atoms with Crippen molar-refractivity contribution < 1.29 is 14.3 Å². The average Bonchev–Trinajstić information content (AvgIpc) is 3.15. The minimum absolute atomic E-state index is 0.225. The quantitative estimate of drug-likeness (QED) is 0.751. The summed E-state index contributed by atoms with van der Waals surface area (Å²) in [5.41, 5.74) is 3.08. The predicted octanol–water partition coefficient (Wildman–Crippen LogP) is 4.07. The number of nitrogens with one attached hydrogen (secondary N) is 1. The van der Waals surface area contributed by atoms with E-state index in [1.54, 1.807) is 7.11 Å². The number of carbonyl (C=O) groups is 1. The second-order valence-corrected chi connectivity index (χ2v) is 9.66. The number of nitrogens with zero attached hydrogens (tertiary/aromatic N) is 3. The molecule has 1 amide bonds. The molecule has 0 bridgehead atoms. The molecule has 7 nitrogen and oxygen atoms in total. The van der Waals surface area contributed by atoms with Gasteiger partial charge < -0.3 is 19.7 Å². The Kier molecular flexibility index (Phi) is 6.44. The van der Waals surface area contributed by atoms with Gasteiger partial charge >= 0.3 is 6.09 Å². The Morgan fingerprint density at radius 2 is 2.03 bits per heavy atom. The topological polar surface area (TPSA) is 66.4 Å². The molecule has 3 aliphatic rings. The Labute approximate surface area is 190 Å². The molecule has 2 heterocycles. The molecule has 4 rings (SSSR count). The lowest BCUT2D eigenvalue weighted by atomic mass is 9.97. The van der Waals surface area contributed by atoms with Crippen LogP contribution in [0.4, 0.5) is 4.79 Å². The highest BCUT2D eigenvalue weighted by Crippen LogP contribution is 2.28. The van der Waals surface area contributed by atoms with Crippen LogP contribution in [0.2, 0.25) is 0 Å². The van der Waals surface area contributed by atoms with Gasteiger partial charge in [-0.15, -0.1) is 0 Å². The van der Waals surface area contributed by atoms with Crippen LogP contribution in [0, 0.1) is 0 Å². The van der Waals surface area contributed by atoms with Gasteiger partial charge in [0.2, 0.25) is 0 Å². The van der Waals surface area contributed by atoms with Gasteiger partial charge in [-0.05, 0) is 69.4 Å². The Bertz CT molecular complexity index is 914. The van der Waals surface area contributed by atoms with Crippen molar-refractivity contribution in [2.45, 2.75) is 64.3 Å². The molecule has 1 aromatic carbocycles. The Morgan fingerprint density at radius 1 is 1.25 bits per heavy atom. The van der Waals surface area contributed by atoms with Gasteiger partial charge in [-0.25, -0.2) is 4.79 Å². The summed E-state index contributed by atoms with van der Waals surface area (Å²) < 4.78 is 10.8. The first kappa shape index (κ1) is 22.2. The van der Waals surface area contributed by atoms with E-state index in [-0.39, 0.29) is 18.2 Å². The monoisotopic (exact) mass is 438 g/mol. The Morgan fingerprint density at radius 3 is 2.75 bits per heavy atom. The fourth-order valence-corrected chi connectivity index (χ4v) is 4.34. The third kappa shape index (κ3) is 5.44. The lowest BCUT2D eigenvalue weighted by molar-refractivity contribution is 0.0191. The zero-order chi connectivity index (χ0) is 22.7. The largest absolute Gasteiger partial charge is 0.497 e. The molecule has 0 aromatic heterocycles. The van der Waals surface area contributed by atoms with Crippen LogP contribution in [0.1, 0.15) is 45.6 Å². The first-order valence-electron chi connectivity index (χ1n) is 11.4. The Hall–Kier alpha value is -2.96. The van der Waals surface area contributed by atoms with E-state index in [2.05, 4.69) is 39.7 Å². The number of carbonyl (C=O) groups excluding carboxylic acids is 1. The highest BCUT2D eigenvalue weighted by molar-refractivity contribution is 5.83. The number of likely N-dealkylation sites (tertiary alicyclic amines) is 1. The molecular weight excluding hydrogens is 404 g/mol. The number of ether oxygens (including phenoxy) is 2. The van der Waals surface area contributed by atoms with Gasteiger partial charge in [-0.1, -0.05) is 18.2 Å². The number of benzene rings is 1. The molecule has 2 atom stereocenters. The lowest BCUT2D eigenvalue weighted by Crippen LogP contribution is -2.49. The summed E-state index contributed by atoms with van der Waals surface area (Å²) in [5.74, 6) is 0.864. The third-order valence-electron chi connectivity index (χ3n) is 5.93. The van der Waals surface area contributed by atoms with Crippen LogP contribution in [0.25, 0.3) is 0 Å². The van der Waals surface area contributed by atoms with Crippen molar-refractivity contribution in [3.05, 3.63) is 53.3 Å². The van der Waals surface area contributed by atoms with Crippen LogP contribution in [0.5, 0.6) is 5.75 Å². The predicted molar refractivity (Wildman–Crippen MR) is 126 cm³/mol. The summed E-state index contributed by atoms with van der Waals surface area (Å²) in [4.78, 5) is 14.3. The van der Waals surface area contributed by atoms with Crippen molar-refractivity contribution >= 4 is 12.3 Å². The van der Waals surface area contributed by atoms with Crippen molar-refractivity contribution in [3.8, 4) is 5.75 Å². The van der Waals surface area contributed by atoms with E-state index in [9.17, 15) is 4.79 Å². The normalized spacial score (nSPS) is 22.8. The van der Waals surface area contributed by atoms with Gasteiger partial charge in [0, 0.05) is 24.8 Å².